The van der Waals surface area contributed by atoms with Crippen LogP contribution in [0.1, 0.15) is 24.6 Å². The standard InChI is InChI=1S/C19H22N4O4S/c1-4-12(20-9-10-26-2)17-14(11-16(24)27-3)22-23(18(17)25)19-21-13-7-5-6-8-15(13)28-19/h5-8,22H,4,9-11H2,1-3H3. The van der Waals surface area contributed by atoms with Gasteiger partial charge >= 0.3 is 5.97 Å². The fourth-order valence-corrected chi connectivity index (χ4v) is 3.78. The second-order valence-corrected chi connectivity index (χ2v) is 7.01. The molecule has 148 valence electrons. The molecule has 3 rings (SSSR count). The van der Waals surface area contributed by atoms with Gasteiger partial charge in [-0.3, -0.25) is 19.7 Å². The average molecular weight is 402 g/mol. The van der Waals surface area contributed by atoms with E-state index in [1.54, 1.807) is 7.11 Å². The van der Waals surface area contributed by atoms with Crippen molar-refractivity contribution in [2.24, 2.45) is 4.99 Å². The molecular formula is C19H22N4O4S. The van der Waals surface area contributed by atoms with Gasteiger partial charge < -0.3 is 9.47 Å². The number of nitrogens with one attached hydrogen (secondary N) is 1. The molecule has 0 fully saturated rings. The number of aromatic amines is 1. The predicted molar refractivity (Wildman–Crippen MR) is 109 cm³/mol. The Balaban J connectivity index is 2.12. The quantitative estimate of drug-likeness (QED) is 0.354. The van der Waals surface area contributed by atoms with Crippen molar-refractivity contribution >= 4 is 33.2 Å². The van der Waals surface area contributed by atoms with Gasteiger partial charge in [-0.2, -0.15) is 4.68 Å². The number of hydrogen-bond donors (Lipinski definition) is 1. The maximum atomic E-state index is 13.2. The van der Waals surface area contributed by atoms with Crippen molar-refractivity contribution in [3.63, 3.8) is 0 Å². The first kappa shape index (κ1) is 20.0. The number of carbonyl (C=O) groups excluding carboxylic acids is 1. The summed E-state index contributed by atoms with van der Waals surface area (Å²) in [6.45, 7) is 2.80. The summed E-state index contributed by atoms with van der Waals surface area (Å²) in [5, 5.41) is 3.55. The van der Waals surface area contributed by atoms with E-state index in [9.17, 15) is 9.59 Å². The molecule has 2 aromatic heterocycles. The Bertz CT molecular complexity index is 1030. The zero-order valence-electron chi connectivity index (χ0n) is 16.0. The number of esters is 1. The topological polar surface area (TPSA) is 98.6 Å². The van der Waals surface area contributed by atoms with Gasteiger partial charge in [0, 0.05) is 12.8 Å². The van der Waals surface area contributed by atoms with Gasteiger partial charge in [-0.05, 0) is 18.6 Å². The maximum Gasteiger partial charge on any atom is 0.311 e. The van der Waals surface area contributed by atoms with Gasteiger partial charge in [-0.15, -0.1) is 0 Å². The van der Waals surface area contributed by atoms with Crippen LogP contribution in [0.5, 0.6) is 0 Å². The molecule has 0 saturated heterocycles. The Morgan fingerprint density at radius 2 is 2.11 bits per heavy atom. The number of rotatable bonds is 8. The fourth-order valence-electron chi connectivity index (χ4n) is 2.85. The van der Waals surface area contributed by atoms with Crippen molar-refractivity contribution in [1.82, 2.24) is 14.8 Å². The van der Waals surface area contributed by atoms with E-state index in [0.717, 1.165) is 10.2 Å². The smallest absolute Gasteiger partial charge is 0.311 e. The Morgan fingerprint density at radius 1 is 1.32 bits per heavy atom. The third kappa shape index (κ3) is 4.05. The van der Waals surface area contributed by atoms with E-state index in [4.69, 9.17) is 9.47 Å². The van der Waals surface area contributed by atoms with Crippen molar-refractivity contribution in [2.75, 3.05) is 27.4 Å². The lowest BCUT2D eigenvalue weighted by Crippen LogP contribution is -2.21. The van der Waals surface area contributed by atoms with E-state index in [2.05, 4.69) is 15.1 Å². The van der Waals surface area contributed by atoms with Gasteiger partial charge in [0.05, 0.1) is 48.2 Å². The number of para-hydroxylation sites is 1. The Morgan fingerprint density at radius 3 is 2.79 bits per heavy atom. The Hall–Kier alpha value is -2.78. The lowest BCUT2D eigenvalue weighted by molar-refractivity contribution is -0.139. The number of benzene rings is 1. The molecule has 0 aliphatic carbocycles. The molecule has 8 nitrogen and oxygen atoms in total. The second kappa shape index (κ2) is 8.94. The Labute approximate surface area is 165 Å². The average Bonchev–Trinajstić information content (AvgIpc) is 3.26. The van der Waals surface area contributed by atoms with Crippen LogP contribution in [0.4, 0.5) is 0 Å². The third-order valence-corrected chi connectivity index (χ3v) is 5.23. The number of nitrogens with zero attached hydrogens (tertiary/aromatic N) is 3. The number of fused-ring (bicyclic) bond motifs is 1. The van der Waals surface area contributed by atoms with Crippen LogP contribution in [0.25, 0.3) is 15.3 Å². The first-order valence-corrected chi connectivity index (χ1v) is 9.70. The molecule has 0 aliphatic rings. The Kier molecular flexibility index (Phi) is 6.37. The van der Waals surface area contributed by atoms with Gasteiger partial charge in [-0.1, -0.05) is 30.4 Å². The van der Waals surface area contributed by atoms with Gasteiger partial charge in [0.25, 0.3) is 5.56 Å². The van der Waals surface area contributed by atoms with Gasteiger partial charge in [0.1, 0.15) is 0 Å². The summed E-state index contributed by atoms with van der Waals surface area (Å²) in [6.07, 6.45) is 0.493. The van der Waals surface area contributed by atoms with Crippen LogP contribution in [-0.2, 0) is 20.7 Å². The summed E-state index contributed by atoms with van der Waals surface area (Å²) < 4.78 is 12.2. The molecule has 9 heteroatoms. The number of H-pyrrole nitrogens is 1. The molecule has 0 atom stereocenters. The van der Waals surface area contributed by atoms with Gasteiger partial charge in [0.15, 0.2) is 0 Å². The highest BCUT2D eigenvalue weighted by molar-refractivity contribution is 7.20. The zero-order valence-corrected chi connectivity index (χ0v) is 16.8. The largest absolute Gasteiger partial charge is 0.469 e. The monoisotopic (exact) mass is 402 g/mol. The van der Waals surface area contributed by atoms with Crippen molar-refractivity contribution in [1.29, 1.82) is 0 Å². The molecule has 0 aliphatic heterocycles. The van der Waals surface area contributed by atoms with Crippen molar-refractivity contribution in [2.45, 2.75) is 19.8 Å². The number of hydrogen-bond acceptors (Lipinski definition) is 7. The maximum absolute atomic E-state index is 13.2. The lowest BCUT2D eigenvalue weighted by atomic mass is 10.1. The molecule has 0 bridgehead atoms. The fraction of sp³-hybridized carbons (Fsp3) is 0.368. The lowest BCUT2D eigenvalue weighted by Gasteiger charge is -2.04. The number of thiazole rings is 1. The molecule has 1 N–H and O–H groups in total. The van der Waals surface area contributed by atoms with Crippen LogP contribution in [0.3, 0.4) is 0 Å². The van der Waals surface area contributed by atoms with Crippen LogP contribution in [0.15, 0.2) is 34.1 Å². The zero-order chi connectivity index (χ0) is 20.1. The number of ether oxygens (including phenoxy) is 2. The van der Waals surface area contributed by atoms with E-state index < -0.39 is 5.97 Å². The first-order chi connectivity index (χ1) is 13.6. The SMILES string of the molecule is CCC(=NCCOC)c1c(CC(=O)OC)[nH]n(-c2nc3ccccc3s2)c1=O. The number of carbonyl (C=O) groups is 1. The second-order valence-electron chi connectivity index (χ2n) is 6.00. The summed E-state index contributed by atoms with van der Waals surface area (Å²) in [5.74, 6) is -0.439. The number of methoxy groups -OCH3 is 2. The summed E-state index contributed by atoms with van der Waals surface area (Å²) >= 11 is 1.40. The van der Waals surface area contributed by atoms with E-state index >= 15 is 0 Å². The van der Waals surface area contributed by atoms with Crippen LogP contribution in [0, 0.1) is 0 Å². The third-order valence-electron chi connectivity index (χ3n) is 4.21. The van der Waals surface area contributed by atoms with Crippen LogP contribution in [-0.4, -0.2) is 53.8 Å². The van der Waals surface area contributed by atoms with E-state index in [0.29, 0.717) is 41.7 Å². The highest BCUT2D eigenvalue weighted by Crippen LogP contribution is 2.24. The number of aromatic nitrogens is 3. The molecule has 0 spiro atoms. The van der Waals surface area contributed by atoms with Crippen LogP contribution < -0.4 is 5.56 Å². The highest BCUT2D eigenvalue weighted by Gasteiger charge is 2.22. The molecular weight excluding hydrogens is 380 g/mol. The van der Waals surface area contributed by atoms with Gasteiger partial charge in [-0.25, -0.2) is 4.98 Å². The van der Waals surface area contributed by atoms with E-state index in [-0.39, 0.29) is 12.0 Å². The highest BCUT2D eigenvalue weighted by atomic mass is 32.1. The predicted octanol–water partition coefficient (Wildman–Crippen LogP) is 2.34. The van der Waals surface area contributed by atoms with Gasteiger partial charge in [0.2, 0.25) is 5.13 Å². The molecule has 0 saturated carbocycles. The summed E-state index contributed by atoms with van der Waals surface area (Å²) in [5.41, 5.74) is 2.01. The minimum absolute atomic E-state index is 0.0533. The van der Waals surface area contributed by atoms with Crippen LogP contribution >= 0.6 is 11.3 Å². The minimum Gasteiger partial charge on any atom is -0.469 e. The minimum atomic E-state index is -0.439. The van der Waals surface area contributed by atoms with Crippen LogP contribution in [0.2, 0.25) is 0 Å². The van der Waals surface area contributed by atoms with E-state index in [1.165, 1.54) is 23.1 Å². The van der Waals surface area contributed by atoms with Crippen molar-refractivity contribution < 1.29 is 14.3 Å². The normalized spacial score (nSPS) is 11.9. The molecule has 2 heterocycles. The van der Waals surface area contributed by atoms with Crippen molar-refractivity contribution in [3.8, 4) is 5.13 Å². The molecule has 3 aromatic rings. The molecule has 0 amide bonds. The summed E-state index contributed by atoms with van der Waals surface area (Å²) in [7, 11) is 2.91. The number of aliphatic imine (C=N–C) groups is 1. The first-order valence-electron chi connectivity index (χ1n) is 8.88. The summed E-state index contributed by atoms with van der Waals surface area (Å²) in [6, 6.07) is 7.66. The van der Waals surface area contributed by atoms with E-state index in [1.807, 2.05) is 31.2 Å². The molecule has 0 radical (unpaired) electrons. The molecule has 1 aromatic carbocycles. The van der Waals surface area contributed by atoms with Crippen molar-refractivity contribution in [3.05, 3.63) is 45.9 Å². The molecule has 0 unspecified atom stereocenters. The molecule has 28 heavy (non-hydrogen) atoms. The summed E-state index contributed by atoms with van der Waals surface area (Å²) in [4.78, 5) is 34.1.